The van der Waals surface area contributed by atoms with E-state index in [9.17, 15) is 0 Å². The molecule has 0 spiro atoms. The van der Waals surface area contributed by atoms with E-state index in [1.807, 2.05) is 12.2 Å². The van der Waals surface area contributed by atoms with Crippen molar-refractivity contribution in [3.05, 3.63) is 84.9 Å². The third kappa shape index (κ3) is 2.01. The van der Waals surface area contributed by atoms with E-state index in [2.05, 4.69) is 78.8 Å². The third-order valence-electron chi connectivity index (χ3n) is 4.40. The highest BCUT2D eigenvalue weighted by Crippen LogP contribution is 2.36. The second kappa shape index (κ2) is 5.29. The van der Waals surface area contributed by atoms with E-state index in [0.717, 1.165) is 22.2 Å². The normalized spacial score (nSPS) is 11.0. The zero-order chi connectivity index (χ0) is 15.8. The zero-order valence-electron chi connectivity index (χ0n) is 12.8. The van der Waals surface area contributed by atoms with Crippen LogP contribution in [-0.2, 0) is 0 Å². The molecule has 0 saturated heterocycles. The molecule has 0 aliphatic carbocycles. The highest BCUT2D eigenvalue weighted by atomic mass is 14.7. The van der Waals surface area contributed by atoms with Gasteiger partial charge in [-0.1, -0.05) is 79.9 Å². The van der Waals surface area contributed by atoms with Gasteiger partial charge in [-0.3, -0.25) is 0 Å². The number of hydrogen-bond acceptors (Lipinski definition) is 0. The maximum Gasteiger partial charge on any atom is 0.0544 e. The molecule has 0 radical (unpaired) electrons. The first kappa shape index (κ1) is 13.6. The Morgan fingerprint density at radius 1 is 0.696 bits per heavy atom. The molecule has 1 nitrogen and oxygen atoms in total. The minimum atomic E-state index is 1.10. The second-order valence-electron chi connectivity index (χ2n) is 5.62. The van der Waals surface area contributed by atoms with Crippen molar-refractivity contribution in [3.8, 4) is 11.1 Å². The molecule has 0 saturated carbocycles. The van der Waals surface area contributed by atoms with Crippen LogP contribution in [0.1, 0.15) is 11.1 Å². The van der Waals surface area contributed by atoms with Crippen molar-refractivity contribution >= 4 is 34.0 Å². The maximum atomic E-state index is 3.99. The summed E-state index contributed by atoms with van der Waals surface area (Å²) in [6.45, 7) is 7.91. The van der Waals surface area contributed by atoms with Crippen LogP contribution in [-0.4, -0.2) is 4.98 Å². The van der Waals surface area contributed by atoms with Crippen LogP contribution in [0.2, 0.25) is 0 Å². The molecule has 23 heavy (non-hydrogen) atoms. The Hall–Kier alpha value is -3.06. The van der Waals surface area contributed by atoms with Gasteiger partial charge in [0, 0.05) is 21.9 Å². The molecule has 0 unspecified atom stereocenters. The first-order valence-electron chi connectivity index (χ1n) is 7.71. The van der Waals surface area contributed by atoms with Crippen LogP contribution in [0.15, 0.2) is 73.8 Å². The van der Waals surface area contributed by atoms with Crippen molar-refractivity contribution < 1.29 is 0 Å². The Morgan fingerprint density at radius 3 is 2.26 bits per heavy atom. The molecule has 3 aromatic carbocycles. The fourth-order valence-corrected chi connectivity index (χ4v) is 3.32. The van der Waals surface area contributed by atoms with Crippen LogP contribution >= 0.6 is 0 Å². The van der Waals surface area contributed by atoms with Crippen LogP contribution in [0, 0.1) is 0 Å². The first-order chi connectivity index (χ1) is 11.3. The lowest BCUT2D eigenvalue weighted by atomic mass is 9.94. The summed E-state index contributed by atoms with van der Waals surface area (Å²) in [5, 5.41) is 2.50. The average Bonchev–Trinajstić information content (AvgIpc) is 2.99. The number of H-pyrrole nitrogens is 1. The van der Waals surface area contributed by atoms with E-state index in [1.54, 1.807) is 0 Å². The van der Waals surface area contributed by atoms with Gasteiger partial charge >= 0.3 is 0 Å². The van der Waals surface area contributed by atoms with Gasteiger partial charge in [0.1, 0.15) is 0 Å². The summed E-state index contributed by atoms with van der Waals surface area (Å²) in [7, 11) is 0. The standard InChI is InChI=1S/C22H17N/c1-3-15-9-7-11-17(16(15)4-2)19-12-8-13-20-18-10-5-6-14-21(18)23-22(19)20/h3-14,23H,1-2H2. The largest absolute Gasteiger partial charge is 0.354 e. The van der Waals surface area contributed by atoms with Crippen molar-refractivity contribution in [1.82, 2.24) is 4.98 Å². The fourth-order valence-electron chi connectivity index (χ4n) is 3.32. The number of para-hydroxylation sites is 2. The number of benzene rings is 3. The average molecular weight is 295 g/mol. The van der Waals surface area contributed by atoms with E-state index in [1.165, 1.54) is 21.9 Å². The lowest BCUT2D eigenvalue weighted by Crippen LogP contribution is -1.88. The number of hydrogen-bond donors (Lipinski definition) is 1. The molecule has 0 fully saturated rings. The number of aromatic amines is 1. The van der Waals surface area contributed by atoms with Gasteiger partial charge in [0.2, 0.25) is 0 Å². The third-order valence-corrected chi connectivity index (χ3v) is 4.40. The van der Waals surface area contributed by atoms with E-state index in [-0.39, 0.29) is 0 Å². The Bertz CT molecular complexity index is 1050. The summed E-state index contributed by atoms with van der Waals surface area (Å²) in [4.78, 5) is 3.57. The van der Waals surface area contributed by atoms with E-state index < -0.39 is 0 Å². The topological polar surface area (TPSA) is 15.8 Å². The molecule has 0 amide bonds. The molecular formula is C22H17N. The molecule has 1 N–H and O–H groups in total. The molecule has 0 aliphatic rings. The van der Waals surface area contributed by atoms with Crippen LogP contribution < -0.4 is 0 Å². The van der Waals surface area contributed by atoms with Crippen molar-refractivity contribution in [2.24, 2.45) is 0 Å². The Labute approximate surface area is 135 Å². The molecule has 1 aromatic heterocycles. The number of aromatic nitrogens is 1. The Morgan fingerprint density at radius 2 is 1.43 bits per heavy atom. The van der Waals surface area contributed by atoms with Gasteiger partial charge in [0.15, 0.2) is 0 Å². The van der Waals surface area contributed by atoms with Crippen molar-refractivity contribution in [1.29, 1.82) is 0 Å². The Balaban J connectivity index is 2.11. The Kier molecular flexibility index (Phi) is 3.13. The second-order valence-corrected chi connectivity index (χ2v) is 5.62. The van der Waals surface area contributed by atoms with Crippen molar-refractivity contribution in [2.75, 3.05) is 0 Å². The molecule has 1 heteroatoms. The van der Waals surface area contributed by atoms with Gasteiger partial charge in [-0.2, -0.15) is 0 Å². The summed E-state index contributed by atoms with van der Waals surface area (Å²) >= 11 is 0. The highest BCUT2D eigenvalue weighted by Gasteiger charge is 2.12. The van der Waals surface area contributed by atoms with Crippen LogP contribution in [0.3, 0.4) is 0 Å². The number of nitrogens with one attached hydrogen (secondary N) is 1. The van der Waals surface area contributed by atoms with Gasteiger partial charge < -0.3 is 4.98 Å². The summed E-state index contributed by atoms with van der Waals surface area (Å²) in [5.74, 6) is 0. The number of fused-ring (bicyclic) bond motifs is 3. The first-order valence-corrected chi connectivity index (χ1v) is 7.71. The van der Waals surface area contributed by atoms with E-state index >= 15 is 0 Å². The zero-order valence-corrected chi connectivity index (χ0v) is 12.8. The monoisotopic (exact) mass is 295 g/mol. The van der Waals surface area contributed by atoms with E-state index in [0.29, 0.717) is 0 Å². The molecular weight excluding hydrogens is 278 g/mol. The number of rotatable bonds is 3. The molecule has 4 rings (SSSR count). The molecule has 4 aromatic rings. The van der Waals surface area contributed by atoms with Crippen LogP contribution in [0.4, 0.5) is 0 Å². The summed E-state index contributed by atoms with van der Waals surface area (Å²) in [5.41, 5.74) is 6.92. The molecule has 1 heterocycles. The van der Waals surface area contributed by atoms with Gasteiger partial charge in [-0.05, 0) is 22.8 Å². The minimum absolute atomic E-state index is 1.10. The highest BCUT2D eigenvalue weighted by molar-refractivity contribution is 6.12. The van der Waals surface area contributed by atoms with Gasteiger partial charge in [-0.25, -0.2) is 0 Å². The van der Waals surface area contributed by atoms with Crippen LogP contribution in [0.25, 0.3) is 45.1 Å². The van der Waals surface area contributed by atoms with Crippen molar-refractivity contribution in [3.63, 3.8) is 0 Å². The molecule has 0 atom stereocenters. The SMILES string of the molecule is C=Cc1cccc(-c2cccc3c2[nH]c2ccccc23)c1C=C. The predicted molar refractivity (Wildman–Crippen MR) is 101 cm³/mol. The summed E-state index contributed by atoms with van der Waals surface area (Å²) in [6, 6.07) is 21.1. The summed E-state index contributed by atoms with van der Waals surface area (Å²) < 4.78 is 0. The van der Waals surface area contributed by atoms with Gasteiger partial charge in [0.05, 0.1) is 5.52 Å². The van der Waals surface area contributed by atoms with Gasteiger partial charge in [0.25, 0.3) is 0 Å². The van der Waals surface area contributed by atoms with E-state index in [4.69, 9.17) is 0 Å². The lowest BCUT2D eigenvalue weighted by Gasteiger charge is -2.10. The smallest absolute Gasteiger partial charge is 0.0544 e. The quantitative estimate of drug-likeness (QED) is 0.458. The lowest BCUT2D eigenvalue weighted by molar-refractivity contribution is 1.52. The molecule has 0 bridgehead atoms. The molecule has 0 aliphatic heterocycles. The maximum absolute atomic E-state index is 3.99. The summed E-state index contributed by atoms with van der Waals surface area (Å²) in [6.07, 6.45) is 3.79. The van der Waals surface area contributed by atoms with Crippen molar-refractivity contribution in [2.45, 2.75) is 0 Å². The minimum Gasteiger partial charge on any atom is -0.354 e. The fraction of sp³-hybridized carbons (Fsp3) is 0. The van der Waals surface area contributed by atoms with Gasteiger partial charge in [-0.15, -0.1) is 0 Å². The van der Waals surface area contributed by atoms with Crippen LogP contribution in [0.5, 0.6) is 0 Å². The molecule has 110 valence electrons. The predicted octanol–water partition coefficient (Wildman–Crippen LogP) is 6.27.